The molecular weight excluding hydrogens is 440 g/mol. The third-order valence-corrected chi connectivity index (χ3v) is 7.61. The van der Waals surface area contributed by atoms with E-state index in [4.69, 9.17) is 11.1 Å². The number of nitrogens with one attached hydrogen (secondary N) is 2. The molecule has 5 N–H and O–H groups in total. The summed E-state index contributed by atoms with van der Waals surface area (Å²) in [5, 5.41) is 18.2. The van der Waals surface area contributed by atoms with Gasteiger partial charge >= 0.3 is 11.4 Å². The zero-order valence-electron chi connectivity index (χ0n) is 19.6. The summed E-state index contributed by atoms with van der Waals surface area (Å²) in [4.78, 5) is 52.4. The topological polar surface area (TPSA) is 169 Å². The number of nitrogens with two attached hydrogens (primary N) is 1. The summed E-state index contributed by atoms with van der Waals surface area (Å²) in [6, 6.07) is -0.319. The normalized spacial score (nSPS) is 24.2. The predicted octanol–water partition coefficient (Wildman–Crippen LogP) is 1.09. The van der Waals surface area contributed by atoms with Crippen LogP contribution in [0, 0.1) is 17.7 Å². The molecule has 2 aliphatic rings. The quantitative estimate of drug-likeness (QED) is 0.362. The maximum absolute atomic E-state index is 13.2. The molecule has 2 aromatic heterocycles. The van der Waals surface area contributed by atoms with Crippen LogP contribution < -0.4 is 28.2 Å². The molecule has 11 nitrogen and oxygen atoms in total. The molecule has 2 aliphatic carbocycles. The molecule has 1 spiro atoms. The van der Waals surface area contributed by atoms with Crippen molar-refractivity contribution in [2.75, 3.05) is 0 Å². The molecule has 2 saturated carbocycles. The van der Waals surface area contributed by atoms with Gasteiger partial charge in [-0.05, 0) is 57.3 Å². The minimum atomic E-state index is -0.717. The largest absolute Gasteiger partial charge is 0.494 e. The molecule has 11 heteroatoms. The molecular formula is C23H32N6O5. The standard InChI is InChI=1S/C23H32N6O5/c1-3-4-9-27-19(31)16(17(24)25)20(32)29(22(27)34)14-5-7-23(8-6-14)10-15(11-23)28-12-13(2)18(30)26-21(28)33/h12,14-15,31H,3-11H2,1-2H3,(H3,24,25)(H,26,30,33). The molecule has 0 aliphatic heterocycles. The summed E-state index contributed by atoms with van der Waals surface area (Å²) in [6.45, 7) is 3.87. The van der Waals surface area contributed by atoms with Crippen molar-refractivity contribution in [1.29, 1.82) is 5.41 Å². The van der Waals surface area contributed by atoms with E-state index in [-0.39, 0.29) is 35.2 Å². The zero-order chi connectivity index (χ0) is 24.8. The van der Waals surface area contributed by atoms with Crippen LogP contribution in [0.1, 0.15) is 81.5 Å². The summed E-state index contributed by atoms with van der Waals surface area (Å²) in [5.41, 5.74) is 3.74. The number of nitrogen functional groups attached to an aromatic ring is 1. The number of nitrogens with zero attached hydrogens (tertiary/aromatic N) is 3. The number of aromatic nitrogens is 4. The average molecular weight is 473 g/mol. The lowest BCUT2D eigenvalue weighted by Crippen LogP contribution is -2.49. The van der Waals surface area contributed by atoms with Gasteiger partial charge in [0.05, 0.1) is 0 Å². The van der Waals surface area contributed by atoms with Gasteiger partial charge in [-0.1, -0.05) is 13.3 Å². The van der Waals surface area contributed by atoms with Crippen LogP contribution >= 0.6 is 0 Å². The van der Waals surface area contributed by atoms with Crippen molar-refractivity contribution in [3.05, 3.63) is 59.0 Å². The average Bonchev–Trinajstić information content (AvgIpc) is 2.75. The number of hydrogen-bond acceptors (Lipinski definition) is 6. The first-order valence-corrected chi connectivity index (χ1v) is 11.8. The fourth-order valence-corrected chi connectivity index (χ4v) is 5.61. The van der Waals surface area contributed by atoms with Crippen LogP contribution in [0.2, 0.25) is 0 Å². The molecule has 2 fully saturated rings. The second kappa shape index (κ2) is 8.77. The summed E-state index contributed by atoms with van der Waals surface area (Å²) in [6.07, 6.45) is 7.46. The van der Waals surface area contributed by atoms with E-state index >= 15 is 0 Å². The van der Waals surface area contributed by atoms with Gasteiger partial charge in [0.15, 0.2) is 0 Å². The molecule has 2 aromatic rings. The maximum atomic E-state index is 13.2. The molecule has 2 heterocycles. The summed E-state index contributed by atoms with van der Waals surface area (Å²) in [7, 11) is 0. The highest BCUT2D eigenvalue weighted by Crippen LogP contribution is 2.57. The molecule has 0 atom stereocenters. The van der Waals surface area contributed by atoms with E-state index in [1.165, 1.54) is 4.57 Å². The Morgan fingerprint density at radius 1 is 1.21 bits per heavy atom. The number of aryl methyl sites for hydroxylation is 1. The fourth-order valence-electron chi connectivity index (χ4n) is 5.61. The monoisotopic (exact) mass is 472 g/mol. The Kier molecular flexibility index (Phi) is 6.13. The van der Waals surface area contributed by atoms with Crippen molar-refractivity contribution in [2.24, 2.45) is 11.1 Å². The molecule has 0 amide bonds. The summed E-state index contributed by atoms with van der Waals surface area (Å²) >= 11 is 0. The molecule has 0 aromatic carbocycles. The Labute approximate surface area is 195 Å². The number of aromatic hydroxyl groups is 1. The molecule has 0 bridgehead atoms. The van der Waals surface area contributed by atoms with E-state index in [2.05, 4.69) is 4.98 Å². The van der Waals surface area contributed by atoms with Crippen LogP contribution in [0.25, 0.3) is 0 Å². The zero-order valence-corrected chi connectivity index (χ0v) is 19.6. The van der Waals surface area contributed by atoms with Crippen LogP contribution in [0.4, 0.5) is 0 Å². The number of amidine groups is 1. The molecule has 34 heavy (non-hydrogen) atoms. The summed E-state index contributed by atoms with van der Waals surface area (Å²) < 4.78 is 3.92. The van der Waals surface area contributed by atoms with Crippen LogP contribution in [0.3, 0.4) is 0 Å². The number of H-pyrrole nitrogens is 1. The van der Waals surface area contributed by atoms with Crippen LogP contribution in [0.5, 0.6) is 5.88 Å². The van der Waals surface area contributed by atoms with Crippen molar-refractivity contribution in [1.82, 2.24) is 18.7 Å². The van der Waals surface area contributed by atoms with Crippen molar-refractivity contribution < 1.29 is 5.11 Å². The lowest BCUT2D eigenvalue weighted by molar-refractivity contribution is 0.00559. The van der Waals surface area contributed by atoms with Crippen molar-refractivity contribution in [3.63, 3.8) is 0 Å². The third-order valence-electron chi connectivity index (χ3n) is 7.61. The number of aromatic amines is 1. The second-order valence-electron chi connectivity index (χ2n) is 9.85. The highest BCUT2D eigenvalue weighted by molar-refractivity contribution is 5.96. The first-order chi connectivity index (χ1) is 16.1. The van der Waals surface area contributed by atoms with Crippen molar-refractivity contribution >= 4 is 5.84 Å². The van der Waals surface area contributed by atoms with Crippen molar-refractivity contribution in [2.45, 2.75) is 83.8 Å². The molecule has 184 valence electrons. The van der Waals surface area contributed by atoms with Crippen LogP contribution in [-0.2, 0) is 6.54 Å². The molecule has 4 rings (SSSR count). The predicted molar refractivity (Wildman–Crippen MR) is 127 cm³/mol. The Hall–Kier alpha value is -3.37. The van der Waals surface area contributed by atoms with Crippen molar-refractivity contribution in [3.8, 4) is 5.88 Å². The van der Waals surface area contributed by atoms with Gasteiger partial charge in [-0.3, -0.25) is 33.7 Å². The Morgan fingerprint density at radius 3 is 2.44 bits per heavy atom. The van der Waals surface area contributed by atoms with Gasteiger partial charge in [0.1, 0.15) is 11.4 Å². The fraction of sp³-hybridized carbons (Fsp3) is 0.609. The van der Waals surface area contributed by atoms with Gasteiger partial charge in [-0.2, -0.15) is 0 Å². The molecule has 0 saturated heterocycles. The van der Waals surface area contributed by atoms with E-state index in [9.17, 15) is 24.3 Å². The van der Waals surface area contributed by atoms with Gasteiger partial charge in [0.25, 0.3) is 11.1 Å². The Bertz CT molecular complexity index is 1350. The minimum absolute atomic E-state index is 0.0200. The van der Waals surface area contributed by atoms with E-state index in [1.54, 1.807) is 17.7 Å². The first kappa shape index (κ1) is 23.8. The van der Waals surface area contributed by atoms with Gasteiger partial charge in [0, 0.05) is 30.4 Å². The molecule has 0 radical (unpaired) electrons. The van der Waals surface area contributed by atoms with E-state index < -0.39 is 28.7 Å². The highest BCUT2D eigenvalue weighted by Gasteiger charge is 2.47. The number of hydrogen-bond donors (Lipinski definition) is 4. The van der Waals surface area contributed by atoms with Crippen LogP contribution in [0.15, 0.2) is 25.4 Å². The highest BCUT2D eigenvalue weighted by atomic mass is 16.3. The maximum Gasteiger partial charge on any atom is 0.334 e. The lowest BCUT2D eigenvalue weighted by Gasteiger charge is -2.52. The van der Waals surface area contributed by atoms with Gasteiger partial charge < -0.3 is 10.8 Å². The van der Waals surface area contributed by atoms with Gasteiger partial charge in [-0.25, -0.2) is 9.59 Å². The first-order valence-electron chi connectivity index (χ1n) is 11.8. The second-order valence-corrected chi connectivity index (χ2v) is 9.85. The van der Waals surface area contributed by atoms with Crippen LogP contribution in [-0.4, -0.2) is 29.6 Å². The van der Waals surface area contributed by atoms with E-state index in [0.29, 0.717) is 24.8 Å². The van der Waals surface area contributed by atoms with Gasteiger partial charge in [-0.15, -0.1) is 0 Å². The number of rotatable bonds is 6. The van der Waals surface area contributed by atoms with E-state index in [0.717, 1.165) is 36.7 Å². The summed E-state index contributed by atoms with van der Waals surface area (Å²) in [5.74, 6) is -1.10. The smallest absolute Gasteiger partial charge is 0.334 e. The van der Waals surface area contributed by atoms with E-state index in [1.807, 2.05) is 6.92 Å². The number of unbranched alkanes of at least 4 members (excludes halogenated alkanes) is 1. The molecule has 0 unspecified atom stereocenters. The Morgan fingerprint density at radius 2 is 1.85 bits per heavy atom. The third kappa shape index (κ3) is 3.92. The minimum Gasteiger partial charge on any atom is -0.494 e. The SMILES string of the molecule is CCCCn1c(O)c(C(=N)N)c(=O)n(C2CCC3(CC2)CC(n2cc(C)c(=O)[nH]c2=O)C3)c1=O. The Balaban J connectivity index is 1.56. The lowest BCUT2D eigenvalue weighted by atomic mass is 9.57. The van der Waals surface area contributed by atoms with Gasteiger partial charge in [0.2, 0.25) is 5.88 Å².